The average Bonchev–Trinajstić information content (AvgIpc) is 2.83. The van der Waals surface area contributed by atoms with Crippen LogP contribution in [-0.4, -0.2) is 24.7 Å². The zero-order valence-electron chi connectivity index (χ0n) is 10.8. The molecule has 0 fully saturated rings. The number of carbonyl (C=O) groups excluding carboxylic acids is 1. The van der Waals surface area contributed by atoms with E-state index in [4.69, 9.17) is 9.26 Å². The lowest BCUT2D eigenvalue weighted by molar-refractivity contribution is -0.114. The van der Waals surface area contributed by atoms with Gasteiger partial charge in [0, 0.05) is 11.8 Å². The van der Waals surface area contributed by atoms with E-state index in [1.54, 1.807) is 44.4 Å². The van der Waals surface area contributed by atoms with Gasteiger partial charge in [0.2, 0.25) is 5.91 Å². The summed E-state index contributed by atoms with van der Waals surface area (Å²) in [4.78, 5) is 11.7. The van der Waals surface area contributed by atoms with Crippen LogP contribution >= 0.6 is 0 Å². The highest BCUT2D eigenvalue weighted by Gasteiger charge is 2.04. The van der Waals surface area contributed by atoms with E-state index < -0.39 is 0 Å². The molecule has 0 bridgehead atoms. The van der Waals surface area contributed by atoms with Crippen molar-refractivity contribution in [3.8, 4) is 5.75 Å². The van der Waals surface area contributed by atoms with Crippen molar-refractivity contribution in [1.82, 2.24) is 5.16 Å². The summed E-state index contributed by atoms with van der Waals surface area (Å²) >= 11 is 0. The van der Waals surface area contributed by atoms with Gasteiger partial charge in [-0.25, -0.2) is 0 Å². The third-order valence-corrected chi connectivity index (χ3v) is 2.43. The minimum atomic E-state index is -0.161. The zero-order chi connectivity index (χ0) is 13.7. The number of carbonyl (C=O) groups is 1. The summed E-state index contributed by atoms with van der Waals surface area (Å²) in [7, 11) is 1.59. The number of aryl methyl sites for hydroxylation is 1. The maximum atomic E-state index is 11.7. The van der Waals surface area contributed by atoms with E-state index in [-0.39, 0.29) is 12.5 Å². The Bertz CT molecular complexity index is 549. The van der Waals surface area contributed by atoms with Gasteiger partial charge in [0.1, 0.15) is 11.5 Å². The Morgan fingerprint density at radius 2 is 2.11 bits per heavy atom. The topological polar surface area (TPSA) is 76.4 Å². The smallest absolute Gasteiger partial charge is 0.243 e. The van der Waals surface area contributed by atoms with E-state index in [0.29, 0.717) is 17.3 Å². The first kappa shape index (κ1) is 12.9. The van der Waals surface area contributed by atoms with E-state index in [1.807, 2.05) is 0 Å². The fourth-order valence-electron chi connectivity index (χ4n) is 1.50. The largest absolute Gasteiger partial charge is 0.497 e. The minimum Gasteiger partial charge on any atom is -0.497 e. The monoisotopic (exact) mass is 261 g/mol. The number of ether oxygens (including phenoxy) is 1. The van der Waals surface area contributed by atoms with Crippen LogP contribution in [0.4, 0.5) is 11.5 Å². The molecular formula is C13H15N3O3. The fraction of sp³-hybridized carbons (Fsp3) is 0.231. The van der Waals surface area contributed by atoms with Gasteiger partial charge in [-0.2, -0.15) is 0 Å². The van der Waals surface area contributed by atoms with Crippen LogP contribution in [0.5, 0.6) is 5.75 Å². The second-order valence-electron chi connectivity index (χ2n) is 3.95. The summed E-state index contributed by atoms with van der Waals surface area (Å²) in [5.74, 6) is 1.82. The number of benzene rings is 1. The van der Waals surface area contributed by atoms with Gasteiger partial charge in [-0.05, 0) is 31.2 Å². The first-order chi connectivity index (χ1) is 9.17. The number of anilines is 2. The number of hydrogen-bond donors (Lipinski definition) is 2. The number of nitrogens with zero attached hydrogens (tertiary/aromatic N) is 1. The molecule has 2 N–H and O–H groups in total. The van der Waals surface area contributed by atoms with E-state index in [0.717, 1.165) is 5.75 Å². The number of nitrogens with one attached hydrogen (secondary N) is 2. The molecular weight excluding hydrogens is 246 g/mol. The average molecular weight is 261 g/mol. The molecule has 2 aromatic rings. The summed E-state index contributed by atoms with van der Waals surface area (Å²) < 4.78 is 9.92. The van der Waals surface area contributed by atoms with Crippen molar-refractivity contribution < 1.29 is 14.1 Å². The molecule has 6 heteroatoms. The van der Waals surface area contributed by atoms with Crippen molar-refractivity contribution in [3.63, 3.8) is 0 Å². The lowest BCUT2D eigenvalue weighted by Crippen LogP contribution is -2.21. The molecule has 1 heterocycles. The Kier molecular flexibility index (Phi) is 4.02. The molecule has 0 aliphatic heterocycles. The summed E-state index contributed by atoms with van der Waals surface area (Å²) in [6, 6.07) is 8.84. The van der Waals surface area contributed by atoms with Crippen molar-refractivity contribution in [3.05, 3.63) is 36.1 Å². The molecule has 0 aliphatic carbocycles. The van der Waals surface area contributed by atoms with Crippen LogP contribution in [0.1, 0.15) is 5.76 Å². The Hall–Kier alpha value is -2.50. The van der Waals surface area contributed by atoms with Gasteiger partial charge in [0.15, 0.2) is 5.82 Å². The predicted octanol–water partition coefficient (Wildman–Crippen LogP) is 2.04. The molecule has 19 heavy (non-hydrogen) atoms. The highest BCUT2D eigenvalue weighted by molar-refractivity contribution is 5.93. The molecule has 0 saturated heterocycles. The molecule has 1 aromatic heterocycles. The lowest BCUT2D eigenvalue weighted by atomic mass is 10.3. The highest BCUT2D eigenvalue weighted by Crippen LogP contribution is 2.14. The number of rotatable bonds is 5. The van der Waals surface area contributed by atoms with E-state index in [9.17, 15) is 4.79 Å². The van der Waals surface area contributed by atoms with Crippen LogP contribution in [0.25, 0.3) is 0 Å². The second-order valence-corrected chi connectivity index (χ2v) is 3.95. The normalized spacial score (nSPS) is 10.0. The Balaban J connectivity index is 1.83. The number of methoxy groups -OCH3 is 1. The second kappa shape index (κ2) is 5.90. The lowest BCUT2D eigenvalue weighted by Gasteiger charge is -2.06. The molecule has 0 atom stereocenters. The number of aromatic nitrogens is 1. The van der Waals surface area contributed by atoms with Gasteiger partial charge in [0.25, 0.3) is 0 Å². The molecule has 0 saturated carbocycles. The SMILES string of the molecule is COc1ccc(NC(=O)CNc2cc(C)on2)cc1. The first-order valence-electron chi connectivity index (χ1n) is 5.78. The van der Waals surface area contributed by atoms with Gasteiger partial charge in [-0.1, -0.05) is 5.16 Å². The summed E-state index contributed by atoms with van der Waals surface area (Å²) in [5, 5.41) is 9.36. The molecule has 2 rings (SSSR count). The third kappa shape index (κ3) is 3.74. The maximum absolute atomic E-state index is 11.7. The molecule has 1 aromatic carbocycles. The van der Waals surface area contributed by atoms with Crippen molar-refractivity contribution in [2.75, 3.05) is 24.3 Å². The van der Waals surface area contributed by atoms with Crippen LogP contribution in [0.15, 0.2) is 34.9 Å². The van der Waals surface area contributed by atoms with Crippen LogP contribution in [0.3, 0.4) is 0 Å². The van der Waals surface area contributed by atoms with Crippen LogP contribution in [-0.2, 0) is 4.79 Å². The van der Waals surface area contributed by atoms with Crippen molar-refractivity contribution in [2.45, 2.75) is 6.92 Å². The van der Waals surface area contributed by atoms with Crippen molar-refractivity contribution >= 4 is 17.4 Å². The standard InChI is InChI=1S/C13H15N3O3/c1-9-7-12(16-19-9)14-8-13(17)15-10-3-5-11(18-2)6-4-10/h3-7H,8H2,1-2H3,(H,14,16)(H,15,17). The van der Waals surface area contributed by atoms with Gasteiger partial charge in [0.05, 0.1) is 13.7 Å². The Morgan fingerprint density at radius 3 is 2.68 bits per heavy atom. The summed E-state index contributed by atoms with van der Waals surface area (Å²) in [6.45, 7) is 1.91. The number of amides is 1. The molecule has 6 nitrogen and oxygen atoms in total. The number of hydrogen-bond acceptors (Lipinski definition) is 5. The van der Waals surface area contributed by atoms with Crippen molar-refractivity contribution in [1.29, 1.82) is 0 Å². The maximum Gasteiger partial charge on any atom is 0.243 e. The molecule has 0 unspecified atom stereocenters. The molecule has 0 radical (unpaired) electrons. The molecule has 0 aliphatic rings. The van der Waals surface area contributed by atoms with Gasteiger partial charge in [-0.15, -0.1) is 0 Å². The highest BCUT2D eigenvalue weighted by atomic mass is 16.5. The quantitative estimate of drug-likeness (QED) is 0.861. The van der Waals surface area contributed by atoms with E-state index in [1.165, 1.54) is 0 Å². The van der Waals surface area contributed by atoms with Gasteiger partial charge < -0.3 is 19.9 Å². The fourth-order valence-corrected chi connectivity index (χ4v) is 1.50. The summed E-state index contributed by atoms with van der Waals surface area (Å²) in [5.41, 5.74) is 0.712. The van der Waals surface area contributed by atoms with E-state index in [2.05, 4.69) is 15.8 Å². The van der Waals surface area contributed by atoms with Gasteiger partial charge >= 0.3 is 0 Å². The molecule has 1 amide bonds. The summed E-state index contributed by atoms with van der Waals surface area (Å²) in [6.07, 6.45) is 0. The first-order valence-corrected chi connectivity index (χ1v) is 5.78. The minimum absolute atomic E-state index is 0.123. The van der Waals surface area contributed by atoms with Gasteiger partial charge in [-0.3, -0.25) is 4.79 Å². The van der Waals surface area contributed by atoms with Crippen LogP contribution < -0.4 is 15.4 Å². The Labute approximate surface area is 110 Å². The van der Waals surface area contributed by atoms with Crippen molar-refractivity contribution in [2.24, 2.45) is 0 Å². The molecule has 0 spiro atoms. The predicted molar refractivity (Wildman–Crippen MR) is 71.4 cm³/mol. The Morgan fingerprint density at radius 1 is 1.37 bits per heavy atom. The zero-order valence-corrected chi connectivity index (χ0v) is 10.8. The van der Waals surface area contributed by atoms with Crippen LogP contribution in [0.2, 0.25) is 0 Å². The van der Waals surface area contributed by atoms with E-state index >= 15 is 0 Å². The third-order valence-electron chi connectivity index (χ3n) is 2.43. The van der Waals surface area contributed by atoms with Crippen LogP contribution in [0, 0.1) is 6.92 Å². The molecule has 100 valence electrons.